The fourth-order valence-corrected chi connectivity index (χ4v) is 3.53. The molecule has 0 saturated heterocycles. The molecule has 1 aromatic heterocycles. The van der Waals surface area contributed by atoms with Crippen molar-refractivity contribution in [3.8, 4) is 0 Å². The summed E-state index contributed by atoms with van der Waals surface area (Å²) in [5.74, 6) is 1.15. The first-order valence-electron chi connectivity index (χ1n) is 5.07. The highest BCUT2D eigenvalue weighted by atomic mass is 32.2. The first-order chi connectivity index (χ1) is 7.36. The van der Waals surface area contributed by atoms with Gasteiger partial charge in [-0.3, -0.25) is 0 Å². The number of aromatic nitrogens is 2. The molecule has 0 amide bonds. The number of hydrogen-bond acceptors (Lipinski definition) is 6. The van der Waals surface area contributed by atoms with Crippen LogP contribution in [-0.2, 0) is 0 Å². The average Bonchev–Trinajstić information content (AvgIpc) is 2.71. The van der Waals surface area contributed by atoms with Crippen LogP contribution in [0, 0.1) is 0 Å². The van der Waals surface area contributed by atoms with E-state index < -0.39 is 0 Å². The van der Waals surface area contributed by atoms with E-state index in [1.165, 1.54) is 12.8 Å². The quantitative estimate of drug-likeness (QED) is 0.576. The third-order valence-electron chi connectivity index (χ3n) is 1.79. The van der Waals surface area contributed by atoms with Gasteiger partial charge in [-0.15, -0.1) is 10.2 Å². The van der Waals surface area contributed by atoms with E-state index in [0.29, 0.717) is 0 Å². The van der Waals surface area contributed by atoms with Crippen molar-refractivity contribution in [2.75, 3.05) is 25.1 Å². The summed E-state index contributed by atoms with van der Waals surface area (Å²) in [5.41, 5.74) is 0. The molecule has 3 nitrogen and oxygen atoms in total. The van der Waals surface area contributed by atoms with Gasteiger partial charge in [-0.1, -0.05) is 41.8 Å². The Hall–Kier alpha value is 0.220. The first-order valence-corrected chi connectivity index (χ1v) is 8.10. The van der Waals surface area contributed by atoms with Crippen LogP contribution in [0.5, 0.6) is 0 Å². The molecule has 0 unspecified atom stereocenters. The standard InChI is InChI=1S/C9H17N3S3/c1-3-10-6-4-5-7-14-9-12-11-8(13-2)15-9/h10H,3-7H2,1-2H3. The lowest BCUT2D eigenvalue weighted by Gasteiger charge is -1.99. The molecule has 0 aliphatic rings. The Morgan fingerprint density at radius 1 is 1.27 bits per heavy atom. The largest absolute Gasteiger partial charge is 0.317 e. The van der Waals surface area contributed by atoms with Gasteiger partial charge in [0.2, 0.25) is 0 Å². The van der Waals surface area contributed by atoms with Gasteiger partial charge >= 0.3 is 0 Å². The Labute approximate surface area is 104 Å². The molecule has 6 heteroatoms. The Kier molecular flexibility index (Phi) is 7.42. The van der Waals surface area contributed by atoms with Gasteiger partial charge in [0.15, 0.2) is 8.68 Å². The number of nitrogens with zero attached hydrogens (tertiary/aromatic N) is 2. The smallest absolute Gasteiger partial charge is 0.175 e. The summed E-state index contributed by atoms with van der Waals surface area (Å²) in [6, 6.07) is 0. The monoisotopic (exact) mass is 263 g/mol. The lowest BCUT2D eigenvalue weighted by Crippen LogP contribution is -2.13. The molecule has 0 atom stereocenters. The van der Waals surface area contributed by atoms with Crippen LogP contribution in [0.2, 0.25) is 0 Å². The number of thioether (sulfide) groups is 2. The molecule has 1 N–H and O–H groups in total. The number of rotatable bonds is 8. The van der Waals surface area contributed by atoms with E-state index in [0.717, 1.165) is 27.5 Å². The van der Waals surface area contributed by atoms with Crippen LogP contribution in [0.4, 0.5) is 0 Å². The molecule has 15 heavy (non-hydrogen) atoms. The van der Waals surface area contributed by atoms with Crippen molar-refractivity contribution in [3.63, 3.8) is 0 Å². The van der Waals surface area contributed by atoms with Crippen LogP contribution < -0.4 is 5.32 Å². The number of unbranched alkanes of at least 4 members (excludes halogenated alkanes) is 1. The summed E-state index contributed by atoms with van der Waals surface area (Å²) >= 11 is 5.17. The van der Waals surface area contributed by atoms with Crippen molar-refractivity contribution < 1.29 is 0 Å². The molecular formula is C9H17N3S3. The number of hydrogen-bond donors (Lipinski definition) is 1. The van der Waals surface area contributed by atoms with E-state index >= 15 is 0 Å². The summed E-state index contributed by atoms with van der Waals surface area (Å²) < 4.78 is 2.16. The highest BCUT2D eigenvalue weighted by Gasteiger charge is 2.02. The Bertz CT molecular complexity index is 265. The van der Waals surface area contributed by atoms with Crippen LogP contribution in [0.15, 0.2) is 8.68 Å². The molecule has 86 valence electrons. The molecule has 0 aliphatic heterocycles. The van der Waals surface area contributed by atoms with Gasteiger partial charge in [-0.05, 0) is 32.2 Å². The molecule has 1 heterocycles. The van der Waals surface area contributed by atoms with Crippen LogP contribution in [-0.4, -0.2) is 35.3 Å². The summed E-state index contributed by atoms with van der Waals surface area (Å²) in [4.78, 5) is 0. The van der Waals surface area contributed by atoms with Crippen LogP contribution in [0.25, 0.3) is 0 Å². The minimum absolute atomic E-state index is 1.06. The minimum atomic E-state index is 1.06. The fourth-order valence-electron chi connectivity index (χ4n) is 1.03. The second kappa shape index (κ2) is 8.38. The van der Waals surface area contributed by atoms with Gasteiger partial charge in [0.05, 0.1) is 0 Å². The van der Waals surface area contributed by atoms with Crippen LogP contribution in [0.3, 0.4) is 0 Å². The highest BCUT2D eigenvalue weighted by molar-refractivity contribution is 8.02. The zero-order valence-electron chi connectivity index (χ0n) is 9.15. The zero-order chi connectivity index (χ0) is 10.9. The van der Waals surface area contributed by atoms with Gasteiger partial charge in [0.25, 0.3) is 0 Å². The third-order valence-corrected chi connectivity index (χ3v) is 4.90. The molecule has 0 saturated carbocycles. The van der Waals surface area contributed by atoms with E-state index in [2.05, 4.69) is 22.4 Å². The first kappa shape index (κ1) is 13.3. The van der Waals surface area contributed by atoms with Crippen molar-refractivity contribution >= 4 is 34.9 Å². The van der Waals surface area contributed by atoms with Gasteiger partial charge < -0.3 is 5.32 Å². The van der Waals surface area contributed by atoms with Crippen molar-refractivity contribution in [2.45, 2.75) is 28.4 Å². The van der Waals surface area contributed by atoms with E-state index in [9.17, 15) is 0 Å². The van der Waals surface area contributed by atoms with E-state index in [1.807, 2.05) is 18.0 Å². The second-order valence-electron chi connectivity index (χ2n) is 2.95. The Morgan fingerprint density at radius 2 is 2.07 bits per heavy atom. The van der Waals surface area contributed by atoms with E-state index in [4.69, 9.17) is 0 Å². The molecule has 0 radical (unpaired) electrons. The van der Waals surface area contributed by atoms with Crippen molar-refractivity contribution in [1.82, 2.24) is 15.5 Å². The number of nitrogens with one attached hydrogen (secondary N) is 1. The SMILES string of the molecule is CCNCCCCSc1nnc(SC)s1. The normalized spacial score (nSPS) is 10.8. The molecular weight excluding hydrogens is 246 g/mol. The highest BCUT2D eigenvalue weighted by Crippen LogP contribution is 2.27. The maximum atomic E-state index is 4.12. The predicted octanol–water partition coefficient (Wildman–Crippen LogP) is 2.74. The van der Waals surface area contributed by atoms with Gasteiger partial charge in [0.1, 0.15) is 0 Å². The molecule has 0 aliphatic carbocycles. The molecule has 0 bridgehead atoms. The lowest BCUT2D eigenvalue weighted by molar-refractivity contribution is 0.666. The second-order valence-corrected chi connectivity index (χ2v) is 6.32. The third kappa shape index (κ3) is 5.75. The fraction of sp³-hybridized carbons (Fsp3) is 0.778. The summed E-state index contributed by atoms with van der Waals surface area (Å²) in [7, 11) is 0. The van der Waals surface area contributed by atoms with E-state index in [-0.39, 0.29) is 0 Å². The Morgan fingerprint density at radius 3 is 2.73 bits per heavy atom. The summed E-state index contributed by atoms with van der Waals surface area (Å²) in [6.45, 7) is 4.34. The molecule has 1 aromatic rings. The Balaban J connectivity index is 2.04. The maximum Gasteiger partial charge on any atom is 0.175 e. The van der Waals surface area contributed by atoms with Crippen LogP contribution >= 0.6 is 34.9 Å². The van der Waals surface area contributed by atoms with Crippen LogP contribution in [0.1, 0.15) is 19.8 Å². The van der Waals surface area contributed by atoms with Gasteiger partial charge in [-0.25, -0.2) is 0 Å². The molecule has 0 aromatic carbocycles. The van der Waals surface area contributed by atoms with Crippen molar-refractivity contribution in [3.05, 3.63) is 0 Å². The van der Waals surface area contributed by atoms with Crippen molar-refractivity contribution in [1.29, 1.82) is 0 Å². The van der Waals surface area contributed by atoms with Gasteiger partial charge in [-0.2, -0.15) is 0 Å². The van der Waals surface area contributed by atoms with Gasteiger partial charge in [0, 0.05) is 5.75 Å². The minimum Gasteiger partial charge on any atom is -0.317 e. The molecule has 0 spiro atoms. The molecule has 0 fully saturated rings. The predicted molar refractivity (Wildman–Crippen MR) is 70.2 cm³/mol. The van der Waals surface area contributed by atoms with Crippen molar-refractivity contribution in [2.24, 2.45) is 0 Å². The maximum absolute atomic E-state index is 4.12. The zero-order valence-corrected chi connectivity index (χ0v) is 11.6. The molecule has 1 rings (SSSR count). The topological polar surface area (TPSA) is 37.8 Å². The summed E-state index contributed by atoms with van der Waals surface area (Å²) in [5, 5.41) is 11.5. The summed E-state index contributed by atoms with van der Waals surface area (Å²) in [6.07, 6.45) is 4.52. The lowest BCUT2D eigenvalue weighted by atomic mass is 10.3. The average molecular weight is 263 g/mol. The van der Waals surface area contributed by atoms with E-state index in [1.54, 1.807) is 23.1 Å².